The van der Waals surface area contributed by atoms with E-state index in [0.29, 0.717) is 21.5 Å². The molecular formula is C23H22N2O3S2. The smallest absolute Gasteiger partial charge is 0.266 e. The summed E-state index contributed by atoms with van der Waals surface area (Å²) in [5, 5.41) is 2.88. The lowest BCUT2D eigenvalue weighted by Crippen LogP contribution is -2.27. The number of nitrogens with zero attached hydrogens (tertiary/aromatic N) is 1. The average Bonchev–Trinajstić information content (AvgIpc) is 3.01. The Hall–Kier alpha value is -2.90. The summed E-state index contributed by atoms with van der Waals surface area (Å²) in [5.74, 6) is 0.241. The van der Waals surface area contributed by atoms with E-state index >= 15 is 0 Å². The molecule has 154 valence electrons. The number of aryl methyl sites for hydroxylation is 1. The maximum absolute atomic E-state index is 12.4. The predicted molar refractivity (Wildman–Crippen MR) is 126 cm³/mol. The largest absolute Gasteiger partial charge is 0.484 e. The molecule has 2 aromatic rings. The van der Waals surface area contributed by atoms with Gasteiger partial charge in [-0.2, -0.15) is 0 Å². The Morgan fingerprint density at radius 1 is 1.23 bits per heavy atom. The first kappa shape index (κ1) is 21.8. The fourth-order valence-corrected chi connectivity index (χ4v) is 4.16. The predicted octanol–water partition coefficient (Wildman–Crippen LogP) is 4.65. The number of thioether (sulfide) groups is 1. The minimum absolute atomic E-state index is 0.0857. The molecule has 1 N–H and O–H groups in total. The number of nitrogens with one attached hydrogen (secondary N) is 1. The van der Waals surface area contributed by atoms with Crippen LogP contribution in [0.1, 0.15) is 18.1 Å². The number of carbonyl (C=O) groups excluding carboxylic acids is 2. The lowest BCUT2D eigenvalue weighted by Gasteiger charge is -2.11. The highest BCUT2D eigenvalue weighted by Gasteiger charge is 2.30. The fourth-order valence-electron chi connectivity index (χ4n) is 2.88. The van der Waals surface area contributed by atoms with E-state index in [0.717, 1.165) is 23.2 Å². The first-order valence-corrected chi connectivity index (χ1v) is 10.7. The molecule has 1 fully saturated rings. The summed E-state index contributed by atoms with van der Waals surface area (Å²) in [7, 11) is 0. The van der Waals surface area contributed by atoms with Crippen LogP contribution in [-0.2, 0) is 16.0 Å². The molecule has 7 heteroatoms. The molecule has 0 unspecified atom stereocenters. The summed E-state index contributed by atoms with van der Waals surface area (Å²) in [4.78, 5) is 26.7. The number of rotatable bonds is 8. The molecule has 0 bridgehead atoms. The Kier molecular flexibility index (Phi) is 7.43. The van der Waals surface area contributed by atoms with E-state index in [-0.39, 0.29) is 18.4 Å². The van der Waals surface area contributed by atoms with Crippen LogP contribution in [0.15, 0.2) is 66.1 Å². The average molecular weight is 439 g/mol. The Labute approximate surface area is 185 Å². The molecule has 3 rings (SSSR count). The van der Waals surface area contributed by atoms with Crippen LogP contribution in [0, 0.1) is 0 Å². The van der Waals surface area contributed by atoms with Gasteiger partial charge in [0.15, 0.2) is 6.61 Å². The zero-order valence-corrected chi connectivity index (χ0v) is 18.2. The van der Waals surface area contributed by atoms with Crippen molar-refractivity contribution in [2.45, 2.75) is 13.3 Å². The van der Waals surface area contributed by atoms with Crippen LogP contribution in [0.5, 0.6) is 5.75 Å². The van der Waals surface area contributed by atoms with E-state index in [9.17, 15) is 9.59 Å². The first-order valence-electron chi connectivity index (χ1n) is 9.48. The van der Waals surface area contributed by atoms with Crippen LogP contribution in [0.2, 0.25) is 0 Å². The van der Waals surface area contributed by atoms with Crippen LogP contribution >= 0.6 is 24.0 Å². The molecule has 1 heterocycles. The monoisotopic (exact) mass is 438 g/mol. The number of benzene rings is 2. The number of carbonyl (C=O) groups is 2. The Morgan fingerprint density at radius 2 is 1.97 bits per heavy atom. The van der Waals surface area contributed by atoms with Crippen LogP contribution < -0.4 is 10.1 Å². The Morgan fingerprint density at radius 3 is 2.67 bits per heavy atom. The molecule has 1 aliphatic heterocycles. The lowest BCUT2D eigenvalue weighted by atomic mass is 10.1. The molecule has 0 saturated carbocycles. The highest BCUT2D eigenvalue weighted by atomic mass is 32.2. The molecule has 0 aliphatic carbocycles. The number of hydrogen-bond donors (Lipinski definition) is 1. The summed E-state index contributed by atoms with van der Waals surface area (Å²) in [5.41, 5.74) is 2.73. The van der Waals surface area contributed by atoms with Gasteiger partial charge in [0.05, 0.1) is 4.91 Å². The van der Waals surface area contributed by atoms with Crippen molar-refractivity contribution in [1.82, 2.24) is 4.90 Å². The van der Waals surface area contributed by atoms with Gasteiger partial charge in [0.25, 0.3) is 11.8 Å². The van der Waals surface area contributed by atoms with Gasteiger partial charge in [0.2, 0.25) is 0 Å². The van der Waals surface area contributed by atoms with Crippen LogP contribution in [0.3, 0.4) is 0 Å². The lowest BCUT2D eigenvalue weighted by molar-refractivity contribution is -0.121. The number of thiocarbonyl (C=S) groups is 1. The van der Waals surface area contributed by atoms with Crippen molar-refractivity contribution in [3.05, 3.63) is 77.2 Å². The van der Waals surface area contributed by atoms with Gasteiger partial charge >= 0.3 is 0 Å². The second kappa shape index (κ2) is 10.2. The van der Waals surface area contributed by atoms with Gasteiger partial charge in [-0.25, -0.2) is 0 Å². The molecule has 1 aliphatic rings. The van der Waals surface area contributed by atoms with Crippen molar-refractivity contribution >= 4 is 51.9 Å². The molecule has 5 nitrogen and oxygen atoms in total. The van der Waals surface area contributed by atoms with E-state index in [4.69, 9.17) is 17.0 Å². The third-order valence-corrected chi connectivity index (χ3v) is 5.78. The number of hydrogen-bond acceptors (Lipinski definition) is 5. The Balaban J connectivity index is 1.57. The second-order valence-electron chi connectivity index (χ2n) is 6.50. The summed E-state index contributed by atoms with van der Waals surface area (Å²) in [6, 6.07) is 14.9. The van der Waals surface area contributed by atoms with Gasteiger partial charge in [-0.1, -0.05) is 67.3 Å². The van der Waals surface area contributed by atoms with E-state index in [1.807, 2.05) is 43.3 Å². The van der Waals surface area contributed by atoms with Gasteiger partial charge in [-0.05, 0) is 41.8 Å². The number of para-hydroxylation sites is 1. The van der Waals surface area contributed by atoms with Crippen LogP contribution in [0.4, 0.5) is 5.69 Å². The molecule has 0 atom stereocenters. The van der Waals surface area contributed by atoms with Crippen molar-refractivity contribution in [1.29, 1.82) is 0 Å². The Bertz CT molecular complexity index is 1000. The van der Waals surface area contributed by atoms with Crippen molar-refractivity contribution in [2.24, 2.45) is 0 Å². The second-order valence-corrected chi connectivity index (χ2v) is 8.17. The fraction of sp³-hybridized carbons (Fsp3) is 0.174. The van der Waals surface area contributed by atoms with E-state index in [2.05, 4.69) is 11.9 Å². The van der Waals surface area contributed by atoms with Gasteiger partial charge in [0, 0.05) is 12.2 Å². The molecule has 2 amide bonds. The topological polar surface area (TPSA) is 58.6 Å². The van der Waals surface area contributed by atoms with E-state index in [1.54, 1.807) is 24.3 Å². The van der Waals surface area contributed by atoms with Crippen molar-refractivity contribution in [3.63, 3.8) is 0 Å². The first-order chi connectivity index (χ1) is 14.5. The van der Waals surface area contributed by atoms with Crippen molar-refractivity contribution in [2.75, 3.05) is 18.5 Å². The summed E-state index contributed by atoms with van der Waals surface area (Å²) < 4.78 is 6.11. The standard InChI is InChI=1S/C23H22N2O3S2/c1-3-13-25-22(27)20(30-23(25)29)14-16-9-11-18(12-10-16)28-15-21(26)24-19-8-6-5-7-17(19)4-2/h3,5-12,14H,1,4,13,15H2,2H3,(H,24,26)/b20-14-. The SMILES string of the molecule is C=CCN1C(=O)/C(=C/c2ccc(OCC(=O)Nc3ccccc3CC)cc2)SC1=S. The summed E-state index contributed by atoms with van der Waals surface area (Å²) in [6.07, 6.45) is 4.28. The van der Waals surface area contributed by atoms with Crippen molar-refractivity contribution in [3.8, 4) is 5.75 Å². The normalized spacial score (nSPS) is 14.8. The van der Waals surface area contributed by atoms with Gasteiger partial charge in [-0.3, -0.25) is 14.5 Å². The highest BCUT2D eigenvalue weighted by molar-refractivity contribution is 8.26. The van der Waals surface area contributed by atoms with Crippen LogP contribution in [0.25, 0.3) is 6.08 Å². The molecule has 2 aromatic carbocycles. The van der Waals surface area contributed by atoms with Crippen LogP contribution in [-0.4, -0.2) is 34.2 Å². The van der Waals surface area contributed by atoms with Crippen molar-refractivity contribution < 1.29 is 14.3 Å². The number of anilines is 1. The molecule has 1 saturated heterocycles. The number of amides is 2. The zero-order valence-electron chi connectivity index (χ0n) is 16.6. The summed E-state index contributed by atoms with van der Waals surface area (Å²) >= 11 is 6.52. The molecule has 0 spiro atoms. The van der Waals surface area contributed by atoms with E-state index < -0.39 is 0 Å². The summed E-state index contributed by atoms with van der Waals surface area (Å²) in [6.45, 7) is 6.01. The quantitative estimate of drug-likeness (QED) is 0.369. The van der Waals surface area contributed by atoms with Gasteiger partial charge in [-0.15, -0.1) is 6.58 Å². The minimum atomic E-state index is -0.217. The molecular weight excluding hydrogens is 416 g/mol. The maximum Gasteiger partial charge on any atom is 0.266 e. The highest BCUT2D eigenvalue weighted by Crippen LogP contribution is 2.32. The van der Waals surface area contributed by atoms with Gasteiger partial charge < -0.3 is 10.1 Å². The third kappa shape index (κ3) is 5.37. The number of ether oxygens (including phenoxy) is 1. The molecule has 0 aromatic heterocycles. The minimum Gasteiger partial charge on any atom is -0.484 e. The zero-order chi connectivity index (χ0) is 21.5. The third-order valence-electron chi connectivity index (χ3n) is 4.41. The van der Waals surface area contributed by atoms with E-state index in [1.165, 1.54) is 16.7 Å². The molecule has 30 heavy (non-hydrogen) atoms. The molecule has 0 radical (unpaired) electrons. The van der Waals surface area contributed by atoms with Gasteiger partial charge in [0.1, 0.15) is 10.1 Å². The maximum atomic E-state index is 12.4.